The van der Waals surface area contributed by atoms with E-state index in [0.717, 1.165) is 17.6 Å². The number of hydrogen-bond acceptors (Lipinski definition) is 3. The van der Waals surface area contributed by atoms with Gasteiger partial charge in [0.05, 0.1) is 5.69 Å². The average molecular weight is 262 g/mol. The van der Waals surface area contributed by atoms with E-state index in [1.54, 1.807) is 0 Å². The van der Waals surface area contributed by atoms with Gasteiger partial charge in [0.25, 0.3) is 0 Å². The van der Waals surface area contributed by atoms with Crippen LogP contribution >= 0.6 is 11.8 Å². The van der Waals surface area contributed by atoms with Crippen molar-refractivity contribution in [3.05, 3.63) is 18.2 Å². The lowest BCUT2D eigenvalue weighted by molar-refractivity contribution is 0.335. The normalized spacial score (nSPS) is 27.9. The fourth-order valence-corrected chi connectivity index (χ4v) is 4.18. The maximum absolute atomic E-state index is 5.96. The molecule has 1 aromatic carbocycles. The minimum atomic E-state index is 0.739. The Kier molecular flexibility index (Phi) is 3.42. The van der Waals surface area contributed by atoms with Gasteiger partial charge in [-0.15, -0.1) is 11.8 Å². The number of nitrogens with two attached hydrogens (primary N) is 1. The van der Waals surface area contributed by atoms with E-state index in [-0.39, 0.29) is 0 Å². The van der Waals surface area contributed by atoms with E-state index in [9.17, 15) is 0 Å². The van der Waals surface area contributed by atoms with E-state index < -0.39 is 0 Å². The van der Waals surface area contributed by atoms with Crippen LogP contribution in [0.3, 0.4) is 0 Å². The van der Waals surface area contributed by atoms with Crippen molar-refractivity contribution in [2.75, 3.05) is 22.9 Å². The first-order chi connectivity index (χ1) is 8.74. The monoisotopic (exact) mass is 262 g/mol. The maximum Gasteiger partial charge on any atom is 0.0527 e. The molecule has 1 fully saturated rings. The lowest BCUT2D eigenvalue weighted by Crippen LogP contribution is -2.41. The molecular formula is C15H22N2S. The maximum atomic E-state index is 5.96. The molecule has 3 heteroatoms. The highest BCUT2D eigenvalue weighted by Crippen LogP contribution is 2.40. The van der Waals surface area contributed by atoms with E-state index in [2.05, 4.69) is 24.0 Å². The van der Waals surface area contributed by atoms with E-state index in [4.69, 9.17) is 5.73 Å². The third-order valence-electron chi connectivity index (χ3n) is 4.31. The molecule has 1 aliphatic carbocycles. The second-order valence-corrected chi connectivity index (χ2v) is 6.82. The summed E-state index contributed by atoms with van der Waals surface area (Å²) in [5.41, 5.74) is 8.23. The minimum absolute atomic E-state index is 0.739. The molecule has 0 aromatic heterocycles. The van der Waals surface area contributed by atoms with Crippen LogP contribution in [0.25, 0.3) is 0 Å². The zero-order valence-corrected chi connectivity index (χ0v) is 11.9. The van der Waals surface area contributed by atoms with E-state index in [1.807, 2.05) is 17.8 Å². The highest BCUT2D eigenvalue weighted by molar-refractivity contribution is 7.99. The van der Waals surface area contributed by atoms with Crippen molar-refractivity contribution in [2.45, 2.75) is 43.5 Å². The highest BCUT2D eigenvalue weighted by Gasteiger charge is 2.27. The summed E-state index contributed by atoms with van der Waals surface area (Å²) >= 11 is 1.97. The Morgan fingerprint density at radius 3 is 2.78 bits per heavy atom. The smallest absolute Gasteiger partial charge is 0.0527 e. The summed E-state index contributed by atoms with van der Waals surface area (Å²) in [4.78, 5) is 4.03. The zero-order chi connectivity index (χ0) is 12.5. The summed E-state index contributed by atoms with van der Waals surface area (Å²) in [6, 6.07) is 7.12. The summed E-state index contributed by atoms with van der Waals surface area (Å²) in [6.45, 7) is 3.56. The van der Waals surface area contributed by atoms with Crippen molar-refractivity contribution >= 4 is 23.1 Å². The number of fused-ring (bicyclic) bond motifs is 1. The zero-order valence-electron chi connectivity index (χ0n) is 11.1. The predicted molar refractivity (Wildman–Crippen MR) is 80.3 cm³/mol. The number of hydrogen-bond donors (Lipinski definition) is 1. The van der Waals surface area contributed by atoms with Crippen molar-refractivity contribution in [1.82, 2.24) is 0 Å². The predicted octanol–water partition coefficient (Wildman–Crippen LogP) is 3.76. The van der Waals surface area contributed by atoms with Crippen LogP contribution in [-0.4, -0.2) is 18.3 Å². The molecule has 0 unspecified atom stereocenters. The largest absolute Gasteiger partial charge is 0.399 e. The second-order valence-electron chi connectivity index (χ2n) is 5.68. The molecule has 98 valence electrons. The van der Waals surface area contributed by atoms with Crippen molar-refractivity contribution in [3.8, 4) is 0 Å². The Morgan fingerprint density at radius 2 is 2.00 bits per heavy atom. The van der Waals surface area contributed by atoms with Gasteiger partial charge in [-0.25, -0.2) is 0 Å². The van der Waals surface area contributed by atoms with Crippen LogP contribution < -0.4 is 10.6 Å². The number of rotatable bonds is 1. The van der Waals surface area contributed by atoms with Crippen LogP contribution in [0.1, 0.15) is 32.6 Å². The molecule has 1 aliphatic heterocycles. The van der Waals surface area contributed by atoms with Gasteiger partial charge in [0.2, 0.25) is 0 Å². The van der Waals surface area contributed by atoms with Crippen molar-refractivity contribution in [2.24, 2.45) is 5.92 Å². The molecular weight excluding hydrogens is 240 g/mol. The standard InChI is InChI=1S/C15H22N2S/c1-11-2-5-13(6-3-11)17-8-9-18-15-7-4-12(16)10-14(15)17/h4,7,10-11,13H,2-3,5-6,8-9,16H2,1H3. The Hall–Kier alpha value is -0.830. The van der Waals surface area contributed by atoms with Gasteiger partial charge in [-0.05, 0) is 49.8 Å². The van der Waals surface area contributed by atoms with Gasteiger partial charge < -0.3 is 10.6 Å². The van der Waals surface area contributed by atoms with Crippen molar-refractivity contribution in [3.63, 3.8) is 0 Å². The number of anilines is 2. The molecule has 2 aliphatic rings. The Bertz CT molecular complexity index is 425. The van der Waals surface area contributed by atoms with Crippen LogP contribution in [-0.2, 0) is 0 Å². The van der Waals surface area contributed by atoms with Gasteiger partial charge in [0.1, 0.15) is 0 Å². The molecule has 0 amide bonds. The van der Waals surface area contributed by atoms with Gasteiger partial charge in [-0.2, -0.15) is 0 Å². The average Bonchev–Trinajstić information content (AvgIpc) is 2.39. The summed E-state index contributed by atoms with van der Waals surface area (Å²) in [5.74, 6) is 2.13. The van der Waals surface area contributed by atoms with Gasteiger partial charge in [-0.3, -0.25) is 0 Å². The molecule has 3 rings (SSSR count). The summed E-state index contributed by atoms with van der Waals surface area (Å²) in [5, 5.41) is 0. The number of nitrogen functional groups attached to an aromatic ring is 1. The summed E-state index contributed by atoms with van der Waals surface area (Å²) in [7, 11) is 0. The summed E-state index contributed by atoms with van der Waals surface area (Å²) < 4.78 is 0. The molecule has 0 atom stereocenters. The van der Waals surface area contributed by atoms with Crippen molar-refractivity contribution in [1.29, 1.82) is 0 Å². The van der Waals surface area contributed by atoms with Crippen LogP contribution in [0.4, 0.5) is 11.4 Å². The third-order valence-corrected chi connectivity index (χ3v) is 5.35. The molecule has 1 saturated carbocycles. The number of benzene rings is 1. The molecule has 1 heterocycles. The van der Waals surface area contributed by atoms with Crippen LogP contribution in [0.5, 0.6) is 0 Å². The molecule has 0 bridgehead atoms. The quantitative estimate of drug-likeness (QED) is 0.781. The summed E-state index contributed by atoms with van der Waals surface area (Å²) in [6.07, 6.45) is 5.46. The fourth-order valence-electron chi connectivity index (χ4n) is 3.19. The second kappa shape index (κ2) is 5.04. The number of thioether (sulfide) groups is 1. The van der Waals surface area contributed by atoms with Gasteiger partial charge in [-0.1, -0.05) is 6.92 Å². The van der Waals surface area contributed by atoms with Gasteiger partial charge >= 0.3 is 0 Å². The van der Waals surface area contributed by atoms with Crippen LogP contribution in [0, 0.1) is 5.92 Å². The minimum Gasteiger partial charge on any atom is -0.399 e. The van der Waals surface area contributed by atoms with Gasteiger partial charge in [0.15, 0.2) is 0 Å². The van der Waals surface area contributed by atoms with Crippen LogP contribution in [0.15, 0.2) is 23.1 Å². The SMILES string of the molecule is CC1CCC(N2CCSc3ccc(N)cc32)CC1. The topological polar surface area (TPSA) is 29.3 Å². The van der Waals surface area contributed by atoms with E-state index in [0.29, 0.717) is 0 Å². The molecule has 18 heavy (non-hydrogen) atoms. The van der Waals surface area contributed by atoms with Crippen molar-refractivity contribution < 1.29 is 0 Å². The fraction of sp³-hybridized carbons (Fsp3) is 0.600. The first-order valence-corrected chi connectivity index (χ1v) is 8.01. The Labute approximate surface area is 114 Å². The molecule has 1 aromatic rings. The van der Waals surface area contributed by atoms with Gasteiger partial charge in [0, 0.05) is 28.9 Å². The third kappa shape index (κ3) is 2.33. The lowest BCUT2D eigenvalue weighted by atomic mass is 9.86. The molecule has 2 nitrogen and oxygen atoms in total. The molecule has 2 N–H and O–H groups in total. The highest BCUT2D eigenvalue weighted by atomic mass is 32.2. The van der Waals surface area contributed by atoms with Crippen LogP contribution in [0.2, 0.25) is 0 Å². The van der Waals surface area contributed by atoms with E-state index in [1.165, 1.54) is 48.6 Å². The first kappa shape index (κ1) is 12.2. The molecule has 0 spiro atoms. The first-order valence-electron chi connectivity index (χ1n) is 7.03. The lowest BCUT2D eigenvalue weighted by Gasteiger charge is -2.40. The number of nitrogens with zero attached hydrogens (tertiary/aromatic N) is 1. The Balaban J connectivity index is 1.84. The van der Waals surface area contributed by atoms with E-state index >= 15 is 0 Å². The Morgan fingerprint density at radius 1 is 1.22 bits per heavy atom. The molecule has 0 radical (unpaired) electrons. The molecule has 0 saturated heterocycles.